The van der Waals surface area contributed by atoms with Gasteiger partial charge in [-0.05, 0) is 42.4 Å². The van der Waals surface area contributed by atoms with Crippen molar-refractivity contribution in [1.29, 1.82) is 0 Å². The molecule has 28 heavy (non-hydrogen) atoms. The fraction of sp³-hybridized carbons (Fsp3) is 0.421. The van der Waals surface area contributed by atoms with Gasteiger partial charge in [-0.15, -0.1) is 0 Å². The summed E-state index contributed by atoms with van der Waals surface area (Å²) < 4.78 is 22.5. The van der Waals surface area contributed by atoms with Crippen LogP contribution in [0.3, 0.4) is 0 Å². The SMILES string of the molecule is NS(=O)(=O)c1ccc(CCNC(=O)CN2C(=O)[C@@H]3[C@H](C2=O)[C@@H]2C=C[C@H]3C2)cc1. The number of rotatable bonds is 6. The zero-order valence-corrected chi connectivity index (χ0v) is 15.9. The fourth-order valence-electron chi connectivity index (χ4n) is 4.51. The lowest BCUT2D eigenvalue weighted by atomic mass is 9.85. The molecule has 1 saturated carbocycles. The molecule has 3 aliphatic rings. The second-order valence-electron chi connectivity index (χ2n) is 7.55. The number of allylic oxidation sites excluding steroid dienone is 2. The number of hydrogen-bond donors (Lipinski definition) is 2. The van der Waals surface area contributed by atoms with Crippen LogP contribution in [0.1, 0.15) is 12.0 Å². The zero-order valence-electron chi connectivity index (χ0n) is 15.1. The lowest BCUT2D eigenvalue weighted by Gasteiger charge is -2.16. The van der Waals surface area contributed by atoms with E-state index in [1.165, 1.54) is 12.1 Å². The Labute approximate surface area is 162 Å². The van der Waals surface area contributed by atoms with Gasteiger partial charge in [-0.25, -0.2) is 13.6 Å². The quantitative estimate of drug-likeness (QED) is 0.502. The van der Waals surface area contributed by atoms with Gasteiger partial charge in [0.2, 0.25) is 27.7 Å². The molecule has 148 valence electrons. The number of imide groups is 1. The lowest BCUT2D eigenvalue weighted by molar-refractivity contribution is -0.144. The summed E-state index contributed by atoms with van der Waals surface area (Å²) in [5.74, 6) is -1.20. The van der Waals surface area contributed by atoms with Gasteiger partial charge in [-0.2, -0.15) is 0 Å². The minimum atomic E-state index is -3.73. The molecule has 0 aromatic heterocycles. The number of carbonyl (C=O) groups is 3. The highest BCUT2D eigenvalue weighted by molar-refractivity contribution is 7.89. The van der Waals surface area contributed by atoms with Crippen molar-refractivity contribution in [3.05, 3.63) is 42.0 Å². The van der Waals surface area contributed by atoms with Crippen LogP contribution in [-0.2, 0) is 30.8 Å². The van der Waals surface area contributed by atoms with E-state index in [0.717, 1.165) is 16.9 Å². The number of fused-ring (bicyclic) bond motifs is 5. The Morgan fingerprint density at radius 1 is 1.07 bits per heavy atom. The first-order valence-electron chi connectivity index (χ1n) is 9.17. The molecule has 9 heteroatoms. The summed E-state index contributed by atoms with van der Waals surface area (Å²) in [6, 6.07) is 6.08. The number of nitrogens with two attached hydrogens (primary N) is 1. The Morgan fingerprint density at radius 2 is 1.64 bits per heavy atom. The maximum Gasteiger partial charge on any atom is 0.240 e. The summed E-state index contributed by atoms with van der Waals surface area (Å²) in [6.07, 6.45) is 5.37. The molecule has 4 atom stereocenters. The number of amides is 3. The van der Waals surface area contributed by atoms with E-state index in [-0.39, 0.29) is 52.8 Å². The van der Waals surface area contributed by atoms with E-state index in [0.29, 0.717) is 13.0 Å². The smallest absolute Gasteiger partial charge is 0.240 e. The van der Waals surface area contributed by atoms with Gasteiger partial charge >= 0.3 is 0 Å². The predicted octanol–water partition coefficient (Wildman–Crippen LogP) is -0.200. The van der Waals surface area contributed by atoms with Gasteiger partial charge in [0.1, 0.15) is 6.54 Å². The Morgan fingerprint density at radius 3 is 2.18 bits per heavy atom. The Bertz CT molecular complexity index is 940. The van der Waals surface area contributed by atoms with Crippen LogP contribution < -0.4 is 10.5 Å². The average Bonchev–Trinajstić information content (AvgIpc) is 3.31. The predicted molar refractivity (Wildman–Crippen MR) is 99.0 cm³/mol. The summed E-state index contributed by atoms with van der Waals surface area (Å²) in [6.45, 7) is 0.0535. The maximum atomic E-state index is 12.6. The minimum Gasteiger partial charge on any atom is -0.354 e. The highest BCUT2D eigenvalue weighted by Gasteiger charge is 2.59. The zero-order chi connectivity index (χ0) is 20.1. The molecule has 2 bridgehead atoms. The summed E-state index contributed by atoms with van der Waals surface area (Å²) in [5.41, 5.74) is 0.832. The summed E-state index contributed by atoms with van der Waals surface area (Å²) in [5, 5.41) is 7.76. The molecule has 0 spiro atoms. The molecule has 1 saturated heterocycles. The van der Waals surface area contributed by atoms with Gasteiger partial charge in [0, 0.05) is 6.54 Å². The van der Waals surface area contributed by atoms with Crippen LogP contribution in [0.2, 0.25) is 0 Å². The molecule has 2 fully saturated rings. The van der Waals surface area contributed by atoms with Crippen molar-refractivity contribution in [2.24, 2.45) is 28.8 Å². The number of hydrogen-bond acceptors (Lipinski definition) is 5. The molecule has 3 amide bonds. The third-order valence-corrected chi connectivity index (χ3v) is 6.78. The van der Waals surface area contributed by atoms with Crippen LogP contribution in [0.25, 0.3) is 0 Å². The number of benzene rings is 1. The molecule has 1 aromatic carbocycles. The summed E-state index contributed by atoms with van der Waals surface area (Å²) in [7, 11) is -3.73. The number of likely N-dealkylation sites (tertiary alicyclic amines) is 1. The first kappa shape index (κ1) is 18.8. The minimum absolute atomic E-state index is 0.0281. The van der Waals surface area contributed by atoms with E-state index in [1.807, 2.05) is 12.2 Å². The van der Waals surface area contributed by atoms with Crippen molar-refractivity contribution in [1.82, 2.24) is 10.2 Å². The van der Waals surface area contributed by atoms with Gasteiger partial charge in [0.15, 0.2) is 0 Å². The van der Waals surface area contributed by atoms with E-state index in [4.69, 9.17) is 5.14 Å². The topological polar surface area (TPSA) is 127 Å². The first-order chi connectivity index (χ1) is 13.3. The Kier molecular flexibility index (Phi) is 4.59. The van der Waals surface area contributed by atoms with Crippen LogP contribution >= 0.6 is 0 Å². The van der Waals surface area contributed by atoms with Crippen LogP contribution in [0.15, 0.2) is 41.3 Å². The van der Waals surface area contributed by atoms with Gasteiger partial charge in [-0.3, -0.25) is 19.3 Å². The first-order valence-corrected chi connectivity index (χ1v) is 10.7. The molecule has 0 radical (unpaired) electrons. The number of sulfonamides is 1. The van der Waals surface area contributed by atoms with Crippen LogP contribution in [0, 0.1) is 23.7 Å². The number of nitrogens with zero attached hydrogens (tertiary/aromatic N) is 1. The Balaban J connectivity index is 1.29. The van der Waals surface area contributed by atoms with E-state index < -0.39 is 10.0 Å². The third kappa shape index (κ3) is 3.24. The largest absolute Gasteiger partial charge is 0.354 e. The van der Waals surface area contributed by atoms with Crippen LogP contribution in [-0.4, -0.2) is 44.1 Å². The van der Waals surface area contributed by atoms with Crippen molar-refractivity contribution < 1.29 is 22.8 Å². The Hall–Kier alpha value is -2.52. The monoisotopic (exact) mass is 403 g/mol. The molecule has 1 heterocycles. The summed E-state index contributed by atoms with van der Waals surface area (Å²) >= 11 is 0. The van der Waals surface area contributed by atoms with Gasteiger partial charge < -0.3 is 5.32 Å². The fourth-order valence-corrected chi connectivity index (χ4v) is 5.03. The molecule has 1 aromatic rings. The number of carbonyl (C=O) groups excluding carboxylic acids is 3. The van der Waals surface area contributed by atoms with E-state index in [9.17, 15) is 22.8 Å². The van der Waals surface area contributed by atoms with Gasteiger partial charge in [-0.1, -0.05) is 24.3 Å². The second-order valence-corrected chi connectivity index (χ2v) is 9.11. The van der Waals surface area contributed by atoms with Gasteiger partial charge in [0.05, 0.1) is 16.7 Å². The van der Waals surface area contributed by atoms with E-state index >= 15 is 0 Å². The van der Waals surface area contributed by atoms with Crippen molar-refractivity contribution in [2.45, 2.75) is 17.7 Å². The lowest BCUT2D eigenvalue weighted by Crippen LogP contribution is -2.42. The highest BCUT2D eigenvalue weighted by atomic mass is 32.2. The van der Waals surface area contributed by atoms with E-state index in [2.05, 4.69) is 5.32 Å². The average molecular weight is 403 g/mol. The van der Waals surface area contributed by atoms with Crippen molar-refractivity contribution in [3.8, 4) is 0 Å². The van der Waals surface area contributed by atoms with Crippen molar-refractivity contribution in [2.75, 3.05) is 13.1 Å². The summed E-state index contributed by atoms with van der Waals surface area (Å²) in [4.78, 5) is 38.4. The van der Waals surface area contributed by atoms with E-state index in [1.54, 1.807) is 12.1 Å². The molecule has 2 aliphatic carbocycles. The normalized spacial score (nSPS) is 28.1. The van der Waals surface area contributed by atoms with Crippen molar-refractivity contribution >= 4 is 27.7 Å². The third-order valence-electron chi connectivity index (χ3n) is 5.85. The number of nitrogens with one attached hydrogen (secondary N) is 1. The molecule has 1 aliphatic heterocycles. The number of primary sulfonamides is 1. The standard InChI is InChI=1S/C19H21N3O5S/c20-28(26,27)14-5-1-11(2-6-14)7-8-21-15(23)10-22-18(24)16-12-3-4-13(9-12)17(16)19(22)25/h1-6,12-13,16-17H,7-10H2,(H,21,23)(H2,20,26,27)/t12-,13+,16-,17+. The second kappa shape index (κ2) is 6.82. The molecular formula is C19H21N3O5S. The molecule has 3 N–H and O–H groups in total. The molecule has 4 rings (SSSR count). The molecular weight excluding hydrogens is 382 g/mol. The molecule has 0 unspecified atom stereocenters. The van der Waals surface area contributed by atoms with Crippen molar-refractivity contribution in [3.63, 3.8) is 0 Å². The maximum absolute atomic E-state index is 12.6. The van der Waals surface area contributed by atoms with Crippen LogP contribution in [0.4, 0.5) is 0 Å². The highest BCUT2D eigenvalue weighted by Crippen LogP contribution is 2.52. The van der Waals surface area contributed by atoms with Crippen LogP contribution in [0.5, 0.6) is 0 Å². The van der Waals surface area contributed by atoms with Gasteiger partial charge in [0.25, 0.3) is 0 Å². The molecule has 8 nitrogen and oxygen atoms in total.